The summed E-state index contributed by atoms with van der Waals surface area (Å²) in [6, 6.07) is 4.61. The van der Waals surface area contributed by atoms with Crippen molar-refractivity contribution in [3.63, 3.8) is 0 Å². The molecular weight excluding hydrogens is 335 g/mol. The molecule has 0 spiro atoms. The molecule has 1 atom stereocenters. The van der Waals surface area contributed by atoms with Crippen LogP contribution in [0.3, 0.4) is 0 Å². The van der Waals surface area contributed by atoms with Crippen molar-refractivity contribution in [2.45, 2.75) is 71.3 Å². The minimum absolute atomic E-state index is 0.0193. The van der Waals surface area contributed by atoms with Crippen molar-refractivity contribution < 1.29 is 19.1 Å². The van der Waals surface area contributed by atoms with Gasteiger partial charge in [0.2, 0.25) is 0 Å². The fourth-order valence-electron chi connectivity index (χ4n) is 3.43. The molecule has 0 heterocycles. The summed E-state index contributed by atoms with van der Waals surface area (Å²) in [5.74, 6) is -0.114. The lowest BCUT2D eigenvalue weighted by Gasteiger charge is -2.29. The maximum absolute atomic E-state index is 11.9. The zero-order valence-electron chi connectivity index (χ0n) is 15.5. The third kappa shape index (κ3) is 5.81. The SMILES string of the molecule is Cc1cc(C2CCC(OC(=O)CCC(=O)OCP)CC2)cc(C)c1C. The highest BCUT2D eigenvalue weighted by Gasteiger charge is 2.25. The molecule has 1 saturated carbocycles. The van der Waals surface area contributed by atoms with Crippen molar-refractivity contribution in [2.24, 2.45) is 0 Å². The van der Waals surface area contributed by atoms with Gasteiger partial charge in [-0.2, -0.15) is 0 Å². The van der Waals surface area contributed by atoms with Gasteiger partial charge in [-0.1, -0.05) is 21.4 Å². The lowest BCUT2D eigenvalue weighted by atomic mass is 9.81. The number of esters is 2. The first kappa shape index (κ1) is 19.9. The second kappa shape index (κ2) is 9.33. The van der Waals surface area contributed by atoms with Crippen molar-refractivity contribution in [3.05, 3.63) is 34.4 Å². The third-order valence-electron chi connectivity index (χ3n) is 5.17. The smallest absolute Gasteiger partial charge is 0.306 e. The zero-order valence-corrected chi connectivity index (χ0v) is 16.6. The normalized spacial score (nSPS) is 20.2. The van der Waals surface area contributed by atoms with E-state index < -0.39 is 0 Å². The number of ether oxygens (including phenoxy) is 2. The highest BCUT2D eigenvalue weighted by Crippen LogP contribution is 2.35. The van der Waals surface area contributed by atoms with Gasteiger partial charge in [0.25, 0.3) is 0 Å². The van der Waals surface area contributed by atoms with Crippen LogP contribution in [0.4, 0.5) is 0 Å². The number of aryl methyl sites for hydroxylation is 2. The summed E-state index contributed by atoms with van der Waals surface area (Å²) >= 11 is 0. The second-order valence-corrected chi connectivity index (χ2v) is 7.26. The molecule has 5 heteroatoms. The largest absolute Gasteiger partial charge is 0.462 e. The van der Waals surface area contributed by atoms with Gasteiger partial charge >= 0.3 is 11.9 Å². The Morgan fingerprint density at radius 2 is 1.56 bits per heavy atom. The average Bonchev–Trinajstić information content (AvgIpc) is 2.58. The maximum Gasteiger partial charge on any atom is 0.306 e. The molecule has 0 aromatic heterocycles. The molecule has 4 nitrogen and oxygen atoms in total. The standard InChI is InChI=1S/C20H29O4P/c1-13-10-17(11-14(2)15(13)3)16-4-6-18(7-5-16)24-20(22)9-8-19(21)23-12-25/h10-11,16,18H,4-9,12,25H2,1-3H3. The molecule has 0 radical (unpaired) electrons. The Morgan fingerprint density at radius 1 is 1.00 bits per heavy atom. The van der Waals surface area contributed by atoms with Gasteiger partial charge < -0.3 is 9.47 Å². The van der Waals surface area contributed by atoms with Crippen molar-refractivity contribution in [1.82, 2.24) is 0 Å². The molecule has 0 aliphatic heterocycles. The average molecular weight is 364 g/mol. The van der Waals surface area contributed by atoms with Gasteiger partial charge in [-0.15, -0.1) is 0 Å². The summed E-state index contributed by atoms with van der Waals surface area (Å²) in [6.45, 7) is 6.50. The van der Waals surface area contributed by atoms with Crippen LogP contribution in [0.2, 0.25) is 0 Å². The van der Waals surface area contributed by atoms with E-state index in [2.05, 4.69) is 42.1 Å². The molecule has 1 unspecified atom stereocenters. The molecule has 25 heavy (non-hydrogen) atoms. The van der Waals surface area contributed by atoms with Crippen LogP contribution < -0.4 is 0 Å². The van der Waals surface area contributed by atoms with Gasteiger partial charge in [0, 0.05) is 0 Å². The molecule has 1 aliphatic carbocycles. The van der Waals surface area contributed by atoms with E-state index in [9.17, 15) is 9.59 Å². The number of carbonyl (C=O) groups excluding carboxylic acids is 2. The van der Waals surface area contributed by atoms with Crippen molar-refractivity contribution >= 4 is 21.2 Å². The van der Waals surface area contributed by atoms with Gasteiger partial charge in [0.1, 0.15) is 12.5 Å². The molecule has 0 bridgehead atoms. The van der Waals surface area contributed by atoms with Crippen molar-refractivity contribution in [2.75, 3.05) is 6.35 Å². The summed E-state index contributed by atoms with van der Waals surface area (Å²) in [5, 5.41) is 0. The predicted octanol–water partition coefficient (Wildman–Crippen LogP) is 4.34. The Hall–Kier alpha value is -1.41. The van der Waals surface area contributed by atoms with Gasteiger partial charge in [0.15, 0.2) is 0 Å². The minimum atomic E-state index is -0.360. The van der Waals surface area contributed by atoms with E-state index >= 15 is 0 Å². The zero-order chi connectivity index (χ0) is 18.4. The predicted molar refractivity (Wildman–Crippen MR) is 102 cm³/mol. The van der Waals surface area contributed by atoms with Gasteiger partial charge in [0.05, 0.1) is 12.8 Å². The van der Waals surface area contributed by atoms with E-state index in [4.69, 9.17) is 9.47 Å². The topological polar surface area (TPSA) is 52.6 Å². The number of hydrogen-bond acceptors (Lipinski definition) is 4. The number of hydrogen-bond donors (Lipinski definition) is 0. The Morgan fingerprint density at radius 3 is 2.12 bits per heavy atom. The Kier molecular flexibility index (Phi) is 7.43. The lowest BCUT2D eigenvalue weighted by molar-refractivity contribution is -0.154. The molecule has 0 amide bonds. The first-order chi connectivity index (χ1) is 11.9. The Labute approximate surface area is 152 Å². The van der Waals surface area contributed by atoms with Crippen molar-refractivity contribution in [3.8, 4) is 0 Å². The van der Waals surface area contributed by atoms with Gasteiger partial charge in [-0.25, -0.2) is 0 Å². The fourth-order valence-corrected chi connectivity index (χ4v) is 3.62. The van der Waals surface area contributed by atoms with E-state index in [0.717, 1.165) is 25.7 Å². The first-order valence-corrected chi connectivity index (χ1v) is 9.85. The molecule has 138 valence electrons. The summed E-state index contributed by atoms with van der Waals surface area (Å²) in [7, 11) is 2.32. The lowest BCUT2D eigenvalue weighted by Crippen LogP contribution is -2.24. The highest BCUT2D eigenvalue weighted by molar-refractivity contribution is 7.16. The van der Waals surface area contributed by atoms with Crippen molar-refractivity contribution in [1.29, 1.82) is 0 Å². The molecule has 1 fully saturated rings. The molecular formula is C20H29O4P. The number of rotatable bonds is 6. The van der Waals surface area contributed by atoms with Crippen LogP contribution >= 0.6 is 9.24 Å². The number of benzene rings is 1. The van der Waals surface area contributed by atoms with Gasteiger partial charge in [-0.05, 0) is 74.6 Å². The highest BCUT2D eigenvalue weighted by atomic mass is 31.0. The molecule has 0 N–H and O–H groups in total. The second-order valence-electron chi connectivity index (χ2n) is 6.93. The van der Waals surface area contributed by atoms with Crippen LogP contribution in [-0.2, 0) is 19.1 Å². The van der Waals surface area contributed by atoms with Crippen LogP contribution in [0.15, 0.2) is 12.1 Å². The van der Waals surface area contributed by atoms with Crippen LogP contribution in [0, 0.1) is 20.8 Å². The van der Waals surface area contributed by atoms with Gasteiger partial charge in [-0.3, -0.25) is 9.59 Å². The Bertz CT molecular complexity index is 595. The van der Waals surface area contributed by atoms with E-state index in [-0.39, 0.29) is 37.2 Å². The van der Waals surface area contributed by atoms with Crippen LogP contribution in [-0.4, -0.2) is 24.4 Å². The first-order valence-electron chi connectivity index (χ1n) is 9.03. The van der Waals surface area contributed by atoms with E-state index in [0.29, 0.717) is 5.92 Å². The molecule has 0 saturated heterocycles. The molecule has 2 rings (SSSR count). The monoisotopic (exact) mass is 364 g/mol. The fraction of sp³-hybridized carbons (Fsp3) is 0.600. The third-order valence-corrected chi connectivity index (χ3v) is 5.34. The summed E-state index contributed by atoms with van der Waals surface area (Å²) < 4.78 is 10.3. The Balaban J connectivity index is 1.80. The summed E-state index contributed by atoms with van der Waals surface area (Å²) in [4.78, 5) is 23.1. The maximum atomic E-state index is 11.9. The van der Waals surface area contributed by atoms with Crippen LogP contribution in [0.1, 0.15) is 66.7 Å². The quantitative estimate of drug-likeness (QED) is 0.557. The van der Waals surface area contributed by atoms with Crippen LogP contribution in [0.25, 0.3) is 0 Å². The van der Waals surface area contributed by atoms with Crippen LogP contribution in [0.5, 0.6) is 0 Å². The van der Waals surface area contributed by atoms with E-state index in [1.54, 1.807) is 0 Å². The van der Waals surface area contributed by atoms with E-state index in [1.807, 2.05) is 0 Å². The number of carbonyl (C=O) groups is 2. The van der Waals surface area contributed by atoms with E-state index in [1.165, 1.54) is 22.3 Å². The molecule has 1 aliphatic rings. The molecule has 1 aromatic rings. The minimum Gasteiger partial charge on any atom is -0.462 e. The summed E-state index contributed by atoms with van der Waals surface area (Å²) in [5.41, 5.74) is 5.47. The molecule has 1 aromatic carbocycles. The summed E-state index contributed by atoms with van der Waals surface area (Å²) in [6.07, 6.45) is 4.27.